The van der Waals surface area contributed by atoms with Gasteiger partial charge in [-0.15, -0.1) is 0 Å². The Bertz CT molecular complexity index is 274. The van der Waals surface area contributed by atoms with E-state index in [1.54, 1.807) is 0 Å². The van der Waals surface area contributed by atoms with Crippen molar-refractivity contribution in [3.63, 3.8) is 0 Å². The van der Waals surface area contributed by atoms with Crippen LogP contribution in [0.5, 0.6) is 0 Å². The van der Waals surface area contributed by atoms with E-state index in [9.17, 15) is 0 Å². The van der Waals surface area contributed by atoms with Crippen LogP contribution in [0.3, 0.4) is 0 Å². The van der Waals surface area contributed by atoms with E-state index in [0.29, 0.717) is 0 Å². The molecular weight excluding hydrogens is 180 g/mol. The van der Waals surface area contributed by atoms with Crippen LogP contribution in [0.15, 0.2) is 24.3 Å². The standard InChI is InChI=1S/C12H14Cl/c13-12-7-3-6-11(9-12)8-10-4-1-2-5-10/h3-4,6-7,9-10H,1-2,5,8H2/t10-/m0/s1. The SMILES string of the molecule is Clc1cccc(C[C@H]2[CH]CCC2)c1. The minimum atomic E-state index is 0.790. The Morgan fingerprint density at radius 3 is 3.00 bits per heavy atom. The highest BCUT2D eigenvalue weighted by molar-refractivity contribution is 6.30. The smallest absolute Gasteiger partial charge is 0.0408 e. The minimum Gasteiger partial charge on any atom is -0.0843 e. The molecule has 0 spiro atoms. The zero-order valence-electron chi connectivity index (χ0n) is 7.67. The maximum Gasteiger partial charge on any atom is 0.0408 e. The second-order valence-electron chi connectivity index (χ2n) is 3.76. The molecule has 0 bridgehead atoms. The third-order valence-electron chi connectivity index (χ3n) is 2.67. The molecule has 1 aromatic carbocycles. The molecule has 1 atom stereocenters. The lowest BCUT2D eigenvalue weighted by Crippen LogP contribution is -1.98. The molecule has 2 rings (SSSR count). The van der Waals surface area contributed by atoms with Crippen molar-refractivity contribution in [3.05, 3.63) is 41.3 Å². The molecule has 1 radical (unpaired) electrons. The van der Waals surface area contributed by atoms with Gasteiger partial charge in [-0.1, -0.05) is 30.2 Å². The van der Waals surface area contributed by atoms with Gasteiger partial charge in [-0.2, -0.15) is 0 Å². The molecule has 0 saturated heterocycles. The van der Waals surface area contributed by atoms with E-state index >= 15 is 0 Å². The van der Waals surface area contributed by atoms with Gasteiger partial charge in [0.2, 0.25) is 0 Å². The molecule has 13 heavy (non-hydrogen) atoms. The van der Waals surface area contributed by atoms with E-state index in [2.05, 4.69) is 18.6 Å². The summed E-state index contributed by atoms with van der Waals surface area (Å²) < 4.78 is 0. The third kappa shape index (κ3) is 2.47. The van der Waals surface area contributed by atoms with Gasteiger partial charge < -0.3 is 0 Å². The summed E-state index contributed by atoms with van der Waals surface area (Å²) in [7, 11) is 0. The Hall–Kier alpha value is -0.490. The number of hydrogen-bond acceptors (Lipinski definition) is 0. The Labute approximate surface area is 84.9 Å². The predicted octanol–water partition coefficient (Wildman–Crippen LogP) is 3.89. The molecule has 0 aliphatic heterocycles. The molecule has 0 N–H and O–H groups in total. The van der Waals surface area contributed by atoms with E-state index in [0.717, 1.165) is 10.9 Å². The Kier molecular flexibility index (Phi) is 2.90. The Morgan fingerprint density at radius 1 is 1.38 bits per heavy atom. The fourth-order valence-electron chi connectivity index (χ4n) is 2.00. The summed E-state index contributed by atoms with van der Waals surface area (Å²) in [6.45, 7) is 0. The maximum absolute atomic E-state index is 5.92. The van der Waals surface area contributed by atoms with Gasteiger partial charge in [-0.25, -0.2) is 0 Å². The van der Waals surface area contributed by atoms with Gasteiger partial charge in [0.15, 0.2) is 0 Å². The molecule has 0 nitrogen and oxygen atoms in total. The highest BCUT2D eigenvalue weighted by Gasteiger charge is 2.15. The lowest BCUT2D eigenvalue weighted by atomic mass is 9.98. The molecule has 1 aromatic rings. The summed E-state index contributed by atoms with van der Waals surface area (Å²) >= 11 is 5.92. The molecular formula is C12H14Cl. The van der Waals surface area contributed by atoms with Gasteiger partial charge in [0, 0.05) is 5.02 Å². The van der Waals surface area contributed by atoms with E-state index < -0.39 is 0 Å². The molecule has 1 heteroatoms. The van der Waals surface area contributed by atoms with E-state index in [1.165, 1.54) is 31.2 Å². The van der Waals surface area contributed by atoms with Gasteiger partial charge in [0.25, 0.3) is 0 Å². The van der Waals surface area contributed by atoms with Gasteiger partial charge in [-0.05, 0) is 49.3 Å². The van der Waals surface area contributed by atoms with Crippen LogP contribution in [0, 0.1) is 12.3 Å². The number of halogens is 1. The second kappa shape index (κ2) is 4.15. The van der Waals surface area contributed by atoms with Crippen molar-refractivity contribution in [2.75, 3.05) is 0 Å². The van der Waals surface area contributed by atoms with E-state index in [-0.39, 0.29) is 0 Å². The molecule has 0 heterocycles. The van der Waals surface area contributed by atoms with Crippen LogP contribution in [0.1, 0.15) is 24.8 Å². The Morgan fingerprint density at radius 2 is 2.31 bits per heavy atom. The van der Waals surface area contributed by atoms with Crippen LogP contribution in [-0.2, 0) is 6.42 Å². The number of rotatable bonds is 2. The summed E-state index contributed by atoms with van der Waals surface area (Å²) in [6, 6.07) is 8.21. The minimum absolute atomic E-state index is 0.790. The lowest BCUT2D eigenvalue weighted by molar-refractivity contribution is 0.620. The van der Waals surface area contributed by atoms with Crippen molar-refractivity contribution in [1.82, 2.24) is 0 Å². The fraction of sp³-hybridized carbons (Fsp3) is 0.417. The summed E-state index contributed by atoms with van der Waals surface area (Å²) in [5.74, 6) is 0.790. The van der Waals surface area contributed by atoms with Gasteiger partial charge in [0.1, 0.15) is 0 Å². The maximum atomic E-state index is 5.92. The third-order valence-corrected chi connectivity index (χ3v) is 2.90. The molecule has 1 fully saturated rings. The van der Waals surface area contributed by atoms with Gasteiger partial charge in [0.05, 0.1) is 0 Å². The first-order chi connectivity index (χ1) is 6.34. The zero-order chi connectivity index (χ0) is 9.10. The van der Waals surface area contributed by atoms with Crippen LogP contribution >= 0.6 is 11.6 Å². The molecule has 0 amide bonds. The van der Waals surface area contributed by atoms with Crippen LogP contribution in [0.2, 0.25) is 5.02 Å². The molecule has 69 valence electrons. The van der Waals surface area contributed by atoms with Crippen molar-refractivity contribution in [2.45, 2.75) is 25.7 Å². The quantitative estimate of drug-likeness (QED) is 0.669. The molecule has 0 aromatic heterocycles. The summed E-state index contributed by atoms with van der Waals surface area (Å²) in [6.07, 6.45) is 7.63. The lowest BCUT2D eigenvalue weighted by Gasteiger charge is -2.08. The molecule has 0 unspecified atom stereocenters. The average Bonchev–Trinajstić information content (AvgIpc) is 2.57. The average molecular weight is 194 g/mol. The van der Waals surface area contributed by atoms with Crippen LogP contribution in [0.4, 0.5) is 0 Å². The van der Waals surface area contributed by atoms with E-state index in [4.69, 9.17) is 11.6 Å². The van der Waals surface area contributed by atoms with Crippen LogP contribution in [-0.4, -0.2) is 0 Å². The summed E-state index contributed by atoms with van der Waals surface area (Å²) in [5.41, 5.74) is 1.37. The van der Waals surface area contributed by atoms with Gasteiger partial charge in [-0.3, -0.25) is 0 Å². The summed E-state index contributed by atoms with van der Waals surface area (Å²) in [4.78, 5) is 0. The molecule has 1 aliphatic rings. The van der Waals surface area contributed by atoms with Crippen LogP contribution < -0.4 is 0 Å². The molecule has 1 saturated carbocycles. The highest BCUT2D eigenvalue weighted by Crippen LogP contribution is 2.27. The van der Waals surface area contributed by atoms with Crippen molar-refractivity contribution in [3.8, 4) is 0 Å². The molecule has 1 aliphatic carbocycles. The van der Waals surface area contributed by atoms with Crippen molar-refractivity contribution in [2.24, 2.45) is 5.92 Å². The topological polar surface area (TPSA) is 0 Å². The predicted molar refractivity (Wildman–Crippen MR) is 56.8 cm³/mol. The number of hydrogen-bond donors (Lipinski definition) is 0. The van der Waals surface area contributed by atoms with Crippen LogP contribution in [0.25, 0.3) is 0 Å². The highest BCUT2D eigenvalue weighted by atomic mass is 35.5. The monoisotopic (exact) mass is 193 g/mol. The first kappa shape index (κ1) is 9.08. The number of benzene rings is 1. The zero-order valence-corrected chi connectivity index (χ0v) is 8.43. The second-order valence-corrected chi connectivity index (χ2v) is 4.20. The first-order valence-electron chi connectivity index (χ1n) is 4.92. The van der Waals surface area contributed by atoms with Gasteiger partial charge >= 0.3 is 0 Å². The fourth-order valence-corrected chi connectivity index (χ4v) is 2.22. The van der Waals surface area contributed by atoms with Crippen molar-refractivity contribution in [1.29, 1.82) is 0 Å². The van der Waals surface area contributed by atoms with Crippen molar-refractivity contribution < 1.29 is 0 Å². The van der Waals surface area contributed by atoms with Crippen molar-refractivity contribution >= 4 is 11.6 Å². The largest absolute Gasteiger partial charge is 0.0843 e. The Balaban J connectivity index is 2.00. The first-order valence-corrected chi connectivity index (χ1v) is 5.30. The van der Waals surface area contributed by atoms with E-state index in [1.807, 2.05) is 12.1 Å². The summed E-state index contributed by atoms with van der Waals surface area (Å²) in [5, 5.41) is 0.857. The normalized spacial score (nSPS) is 17.9.